The first-order chi connectivity index (χ1) is 12.5. The number of nitro groups is 1. The Morgan fingerprint density at radius 1 is 1.31 bits per heavy atom. The normalized spacial score (nSPS) is 10.8. The van der Waals surface area contributed by atoms with Crippen LogP contribution in [0.15, 0.2) is 35.5 Å². The molecule has 10 nitrogen and oxygen atoms in total. The summed E-state index contributed by atoms with van der Waals surface area (Å²) in [5.41, 5.74) is 1.70. The summed E-state index contributed by atoms with van der Waals surface area (Å²) < 4.78 is 8.47. The molecule has 136 valence electrons. The Balaban J connectivity index is 1.61. The zero-order valence-electron chi connectivity index (χ0n) is 14.2. The molecule has 0 aliphatic heterocycles. The van der Waals surface area contributed by atoms with Crippen molar-refractivity contribution in [2.24, 2.45) is 0 Å². The Kier molecular flexibility index (Phi) is 5.07. The predicted octanol–water partition coefficient (Wildman–Crippen LogP) is 1.87. The lowest BCUT2D eigenvalue weighted by atomic mass is 10.3. The molecule has 0 saturated heterocycles. The monoisotopic (exact) mass is 375 g/mol. The molecule has 0 amide bonds. The number of rotatable bonds is 7. The van der Waals surface area contributed by atoms with Crippen molar-refractivity contribution in [3.63, 3.8) is 0 Å². The number of ether oxygens (including phenoxy) is 1. The minimum Gasteiger partial charge on any atom is -0.486 e. The molecule has 0 aliphatic rings. The lowest BCUT2D eigenvalue weighted by Gasteiger charge is -2.07. The number of para-hydroxylation sites is 2. The average molecular weight is 375 g/mol. The van der Waals surface area contributed by atoms with Gasteiger partial charge >= 0.3 is 5.69 Å². The van der Waals surface area contributed by atoms with Crippen molar-refractivity contribution in [1.29, 1.82) is 0 Å². The molecular formula is C15H17N7O3S. The number of nitrogens with zero attached hydrogens (tertiary/aromatic N) is 6. The second-order valence-electron chi connectivity index (χ2n) is 5.41. The van der Waals surface area contributed by atoms with E-state index in [1.54, 1.807) is 22.9 Å². The van der Waals surface area contributed by atoms with Crippen molar-refractivity contribution in [1.82, 2.24) is 24.7 Å². The van der Waals surface area contributed by atoms with E-state index in [2.05, 4.69) is 15.3 Å². The van der Waals surface area contributed by atoms with Crippen LogP contribution in [0, 0.1) is 24.0 Å². The van der Waals surface area contributed by atoms with Gasteiger partial charge < -0.3 is 10.6 Å². The van der Waals surface area contributed by atoms with Crippen molar-refractivity contribution >= 4 is 17.4 Å². The summed E-state index contributed by atoms with van der Waals surface area (Å²) in [6, 6.07) is 8.17. The van der Waals surface area contributed by atoms with Crippen LogP contribution < -0.4 is 10.6 Å². The van der Waals surface area contributed by atoms with Gasteiger partial charge in [-0.15, -0.1) is 10.2 Å². The van der Waals surface area contributed by atoms with Gasteiger partial charge in [0.2, 0.25) is 5.16 Å². The highest BCUT2D eigenvalue weighted by Gasteiger charge is 2.16. The van der Waals surface area contributed by atoms with Gasteiger partial charge in [0.1, 0.15) is 0 Å². The number of aromatic nitrogens is 5. The highest BCUT2D eigenvalue weighted by atomic mass is 32.2. The zero-order valence-corrected chi connectivity index (χ0v) is 15.0. The third-order valence-corrected chi connectivity index (χ3v) is 4.39. The second-order valence-corrected chi connectivity index (χ2v) is 6.48. The molecule has 0 bridgehead atoms. The molecule has 2 aromatic heterocycles. The third-order valence-electron chi connectivity index (χ3n) is 3.48. The maximum absolute atomic E-state index is 11.0. The molecule has 0 atom stereocenters. The number of nitrogens with two attached hydrogens (primary N) is 1. The van der Waals surface area contributed by atoms with E-state index in [4.69, 9.17) is 10.6 Å². The average Bonchev–Trinajstić information content (AvgIpc) is 3.13. The van der Waals surface area contributed by atoms with Crippen LogP contribution in [-0.4, -0.2) is 41.9 Å². The number of thioether (sulfide) groups is 1. The second kappa shape index (κ2) is 7.44. The van der Waals surface area contributed by atoms with Crippen molar-refractivity contribution in [3.05, 3.63) is 51.8 Å². The van der Waals surface area contributed by atoms with Crippen LogP contribution >= 0.6 is 11.8 Å². The molecule has 2 N–H and O–H groups in total. The minimum atomic E-state index is -0.473. The lowest BCUT2D eigenvalue weighted by Crippen LogP contribution is -2.17. The van der Waals surface area contributed by atoms with Crippen LogP contribution in [0.2, 0.25) is 0 Å². The van der Waals surface area contributed by atoms with Crippen LogP contribution in [0.5, 0.6) is 5.75 Å². The van der Waals surface area contributed by atoms with E-state index in [-0.39, 0.29) is 18.0 Å². The fourth-order valence-electron chi connectivity index (χ4n) is 2.36. The maximum Gasteiger partial charge on any atom is 0.310 e. The van der Waals surface area contributed by atoms with Gasteiger partial charge in [-0.05, 0) is 26.0 Å². The van der Waals surface area contributed by atoms with Crippen molar-refractivity contribution < 1.29 is 9.66 Å². The molecule has 0 radical (unpaired) electrons. The van der Waals surface area contributed by atoms with Gasteiger partial charge in [0.05, 0.1) is 17.2 Å². The van der Waals surface area contributed by atoms with Gasteiger partial charge in [-0.3, -0.25) is 10.1 Å². The Bertz CT molecular complexity index is 937. The molecule has 11 heteroatoms. The Hall–Kier alpha value is -3.08. The largest absolute Gasteiger partial charge is 0.486 e. The Morgan fingerprint density at radius 3 is 2.77 bits per heavy atom. The van der Waals surface area contributed by atoms with E-state index in [9.17, 15) is 10.1 Å². The van der Waals surface area contributed by atoms with E-state index < -0.39 is 4.92 Å². The molecule has 0 unspecified atom stereocenters. The standard InChI is InChI=1S/C15H17N7O3S/c1-10-9-11(2)21(19-10)14-17-18-15(20(14)16)26-8-7-25-13-6-4-3-5-12(13)22(23)24/h3-6,9H,7-8,16H2,1-2H3. The third kappa shape index (κ3) is 3.61. The molecule has 2 heterocycles. The molecule has 3 rings (SSSR count). The first kappa shape index (κ1) is 17.7. The van der Waals surface area contributed by atoms with Crippen molar-refractivity contribution in [2.75, 3.05) is 18.2 Å². The van der Waals surface area contributed by atoms with Gasteiger partial charge in [0.15, 0.2) is 5.75 Å². The molecule has 1 aromatic carbocycles. The van der Waals surface area contributed by atoms with Crippen LogP contribution in [0.25, 0.3) is 5.95 Å². The highest BCUT2D eigenvalue weighted by Crippen LogP contribution is 2.26. The molecular weight excluding hydrogens is 358 g/mol. The minimum absolute atomic E-state index is 0.0636. The van der Waals surface area contributed by atoms with Crippen LogP contribution in [0.3, 0.4) is 0 Å². The van der Waals surface area contributed by atoms with Crippen LogP contribution in [0.4, 0.5) is 5.69 Å². The molecule has 0 saturated carbocycles. The zero-order chi connectivity index (χ0) is 18.7. The number of hydrogen-bond donors (Lipinski definition) is 1. The first-order valence-corrected chi connectivity index (χ1v) is 8.69. The molecule has 3 aromatic rings. The van der Waals surface area contributed by atoms with Crippen LogP contribution in [0.1, 0.15) is 11.4 Å². The summed E-state index contributed by atoms with van der Waals surface area (Å²) in [5.74, 6) is 7.20. The van der Waals surface area contributed by atoms with E-state index in [0.717, 1.165) is 11.4 Å². The lowest BCUT2D eigenvalue weighted by molar-refractivity contribution is -0.385. The number of aryl methyl sites for hydroxylation is 2. The van der Waals surface area contributed by atoms with Gasteiger partial charge in [-0.1, -0.05) is 23.9 Å². The van der Waals surface area contributed by atoms with Gasteiger partial charge in [-0.2, -0.15) is 5.10 Å². The first-order valence-electron chi connectivity index (χ1n) is 7.70. The van der Waals surface area contributed by atoms with E-state index in [1.807, 2.05) is 19.9 Å². The summed E-state index contributed by atoms with van der Waals surface area (Å²) in [6.45, 7) is 4.05. The molecule has 0 fully saturated rings. The predicted molar refractivity (Wildman–Crippen MR) is 96.1 cm³/mol. The number of nitrogen functional groups attached to an aromatic ring is 1. The molecule has 26 heavy (non-hydrogen) atoms. The summed E-state index contributed by atoms with van der Waals surface area (Å²) in [6.07, 6.45) is 0. The van der Waals surface area contributed by atoms with E-state index in [1.165, 1.54) is 22.5 Å². The summed E-state index contributed by atoms with van der Waals surface area (Å²) in [5, 5.41) is 23.9. The molecule has 0 spiro atoms. The fourth-order valence-corrected chi connectivity index (χ4v) is 3.03. The maximum atomic E-state index is 11.0. The number of nitro benzene ring substituents is 1. The van der Waals surface area contributed by atoms with Gasteiger partial charge in [0, 0.05) is 17.5 Å². The Labute approximate surface area is 153 Å². The van der Waals surface area contributed by atoms with Gasteiger partial charge in [-0.25, -0.2) is 9.36 Å². The number of benzene rings is 1. The topological polar surface area (TPSA) is 127 Å². The van der Waals surface area contributed by atoms with E-state index >= 15 is 0 Å². The van der Waals surface area contributed by atoms with E-state index in [0.29, 0.717) is 16.9 Å². The van der Waals surface area contributed by atoms with Crippen LogP contribution in [-0.2, 0) is 0 Å². The quantitative estimate of drug-likeness (QED) is 0.218. The summed E-state index contributed by atoms with van der Waals surface area (Å²) in [4.78, 5) is 10.5. The van der Waals surface area contributed by atoms with Gasteiger partial charge in [0.25, 0.3) is 5.95 Å². The fraction of sp³-hybridized carbons (Fsp3) is 0.267. The summed E-state index contributed by atoms with van der Waals surface area (Å²) >= 11 is 1.34. The molecule has 0 aliphatic carbocycles. The highest BCUT2D eigenvalue weighted by molar-refractivity contribution is 7.99. The summed E-state index contributed by atoms with van der Waals surface area (Å²) in [7, 11) is 0. The van der Waals surface area contributed by atoms with Crippen molar-refractivity contribution in [2.45, 2.75) is 19.0 Å². The van der Waals surface area contributed by atoms with Crippen molar-refractivity contribution in [3.8, 4) is 11.7 Å². The Morgan fingerprint density at radius 2 is 2.08 bits per heavy atom. The number of hydrogen-bond acceptors (Lipinski definition) is 8. The SMILES string of the molecule is Cc1cc(C)n(-c2nnc(SCCOc3ccccc3[N+](=O)[O-])n2N)n1. The smallest absolute Gasteiger partial charge is 0.310 e.